The molecule has 0 spiro atoms. The summed E-state index contributed by atoms with van der Waals surface area (Å²) in [6.45, 7) is 3.15. The summed E-state index contributed by atoms with van der Waals surface area (Å²) in [5, 5.41) is 9.01. The van der Waals surface area contributed by atoms with E-state index >= 15 is 0 Å². The van der Waals surface area contributed by atoms with Crippen molar-refractivity contribution in [3.63, 3.8) is 0 Å². The average molecular weight is 181 g/mol. The molecule has 3 nitrogen and oxygen atoms in total. The van der Waals surface area contributed by atoms with E-state index in [1.807, 2.05) is 0 Å². The fourth-order valence-corrected chi connectivity index (χ4v) is 2.64. The van der Waals surface area contributed by atoms with E-state index in [0.717, 1.165) is 31.2 Å². The Balaban J connectivity index is 1.60. The quantitative estimate of drug-likeness (QED) is 0.700. The minimum atomic E-state index is -0.576. The van der Waals surface area contributed by atoms with E-state index in [2.05, 4.69) is 4.90 Å². The Morgan fingerprint density at radius 3 is 2.46 bits per heavy atom. The first-order valence-corrected chi connectivity index (χ1v) is 5.15. The van der Waals surface area contributed by atoms with Crippen LogP contribution in [0.3, 0.4) is 0 Å². The summed E-state index contributed by atoms with van der Waals surface area (Å²) < 4.78 is 0. The van der Waals surface area contributed by atoms with Gasteiger partial charge in [0.05, 0.1) is 5.41 Å². The van der Waals surface area contributed by atoms with Crippen molar-refractivity contribution in [1.29, 1.82) is 0 Å². The highest BCUT2D eigenvalue weighted by Gasteiger charge is 2.54. The van der Waals surface area contributed by atoms with Crippen molar-refractivity contribution in [2.24, 2.45) is 17.3 Å². The molecule has 2 saturated carbocycles. The summed E-state index contributed by atoms with van der Waals surface area (Å²) in [6, 6.07) is 0. The van der Waals surface area contributed by atoms with Crippen LogP contribution in [0, 0.1) is 17.3 Å². The molecule has 3 aliphatic rings. The molecule has 0 aromatic rings. The minimum absolute atomic E-state index is 0.337. The number of likely N-dealkylation sites (tertiary alicyclic amines) is 1. The molecular weight excluding hydrogens is 166 g/mol. The van der Waals surface area contributed by atoms with Crippen LogP contribution < -0.4 is 0 Å². The van der Waals surface area contributed by atoms with Gasteiger partial charge in [0.1, 0.15) is 0 Å². The van der Waals surface area contributed by atoms with Crippen molar-refractivity contribution < 1.29 is 9.90 Å². The van der Waals surface area contributed by atoms with Crippen LogP contribution in [0.2, 0.25) is 0 Å². The van der Waals surface area contributed by atoms with Crippen LogP contribution in [0.15, 0.2) is 0 Å². The van der Waals surface area contributed by atoms with E-state index in [1.54, 1.807) is 0 Å². The smallest absolute Gasteiger partial charge is 0.310 e. The lowest BCUT2D eigenvalue weighted by Gasteiger charge is -2.21. The second kappa shape index (κ2) is 2.27. The summed E-state index contributed by atoms with van der Waals surface area (Å²) in [6.07, 6.45) is 3.19. The third-order valence-electron chi connectivity index (χ3n) is 3.89. The molecule has 3 rings (SSSR count). The van der Waals surface area contributed by atoms with E-state index < -0.39 is 5.97 Å². The highest BCUT2D eigenvalue weighted by Crippen LogP contribution is 2.50. The van der Waals surface area contributed by atoms with Crippen molar-refractivity contribution in [1.82, 2.24) is 4.90 Å². The van der Waals surface area contributed by atoms with Crippen LogP contribution in [-0.4, -0.2) is 35.6 Å². The van der Waals surface area contributed by atoms with Crippen molar-refractivity contribution >= 4 is 5.97 Å². The monoisotopic (exact) mass is 181 g/mol. The van der Waals surface area contributed by atoms with Gasteiger partial charge >= 0.3 is 5.97 Å². The standard InChI is InChI=1S/C10H15NO2/c12-9(13)10(1-2-10)6-11-4-7-3-8(7)5-11/h7-8H,1-6H2,(H,12,13). The third kappa shape index (κ3) is 1.17. The number of hydrogen-bond acceptors (Lipinski definition) is 2. The summed E-state index contributed by atoms with van der Waals surface area (Å²) in [5.41, 5.74) is -0.337. The molecule has 1 N–H and O–H groups in total. The van der Waals surface area contributed by atoms with Gasteiger partial charge in [-0.05, 0) is 31.1 Å². The predicted octanol–water partition coefficient (Wildman–Crippen LogP) is 0.803. The Bertz CT molecular complexity index is 250. The Morgan fingerprint density at radius 2 is 2.00 bits per heavy atom. The lowest BCUT2D eigenvalue weighted by molar-refractivity contribution is -0.144. The van der Waals surface area contributed by atoms with E-state index in [-0.39, 0.29) is 5.41 Å². The summed E-state index contributed by atoms with van der Waals surface area (Å²) in [5.74, 6) is 1.27. The van der Waals surface area contributed by atoms with Crippen molar-refractivity contribution in [3.05, 3.63) is 0 Å². The van der Waals surface area contributed by atoms with E-state index in [9.17, 15) is 4.79 Å². The highest BCUT2D eigenvalue weighted by atomic mass is 16.4. The fraction of sp³-hybridized carbons (Fsp3) is 0.900. The van der Waals surface area contributed by atoms with Gasteiger partial charge in [-0.25, -0.2) is 0 Å². The number of carboxylic acids is 1. The van der Waals surface area contributed by atoms with Crippen molar-refractivity contribution in [3.8, 4) is 0 Å². The molecule has 0 aromatic carbocycles. The van der Waals surface area contributed by atoms with Crippen LogP contribution in [0.25, 0.3) is 0 Å². The van der Waals surface area contributed by atoms with E-state index in [1.165, 1.54) is 19.5 Å². The molecule has 2 unspecified atom stereocenters. The molecule has 1 saturated heterocycles. The lowest BCUT2D eigenvalue weighted by Crippen LogP contribution is -2.34. The van der Waals surface area contributed by atoms with Gasteiger partial charge in [-0.1, -0.05) is 0 Å². The Hall–Kier alpha value is -0.570. The van der Waals surface area contributed by atoms with Crippen LogP contribution in [-0.2, 0) is 4.79 Å². The molecule has 1 aliphatic heterocycles. The second-order valence-electron chi connectivity index (χ2n) is 5.04. The first-order valence-electron chi connectivity index (χ1n) is 5.15. The van der Waals surface area contributed by atoms with Gasteiger partial charge in [0.25, 0.3) is 0 Å². The normalized spacial score (nSPS) is 40.0. The van der Waals surface area contributed by atoms with Gasteiger partial charge in [-0.2, -0.15) is 0 Å². The van der Waals surface area contributed by atoms with Gasteiger partial charge in [0.2, 0.25) is 0 Å². The van der Waals surface area contributed by atoms with Crippen LogP contribution in [0.5, 0.6) is 0 Å². The molecule has 13 heavy (non-hydrogen) atoms. The summed E-state index contributed by atoms with van der Waals surface area (Å²) >= 11 is 0. The molecule has 3 heteroatoms. The van der Waals surface area contributed by atoms with Crippen LogP contribution in [0.1, 0.15) is 19.3 Å². The molecule has 72 valence electrons. The van der Waals surface area contributed by atoms with Crippen molar-refractivity contribution in [2.75, 3.05) is 19.6 Å². The SMILES string of the molecule is O=C(O)C1(CN2CC3CC3C2)CC1. The topological polar surface area (TPSA) is 40.5 Å². The number of nitrogens with zero attached hydrogens (tertiary/aromatic N) is 1. The minimum Gasteiger partial charge on any atom is -0.481 e. The summed E-state index contributed by atoms with van der Waals surface area (Å²) in [7, 11) is 0. The molecule has 2 atom stereocenters. The number of carboxylic acid groups (broad SMARTS) is 1. The van der Waals surface area contributed by atoms with Gasteiger partial charge in [-0.15, -0.1) is 0 Å². The summed E-state index contributed by atoms with van der Waals surface area (Å²) in [4.78, 5) is 13.3. The zero-order chi connectivity index (χ0) is 9.05. The lowest BCUT2D eigenvalue weighted by atomic mass is 10.1. The van der Waals surface area contributed by atoms with Gasteiger partial charge in [0, 0.05) is 19.6 Å². The number of rotatable bonds is 3. The van der Waals surface area contributed by atoms with E-state index in [4.69, 9.17) is 5.11 Å². The molecule has 2 aliphatic carbocycles. The zero-order valence-corrected chi connectivity index (χ0v) is 7.70. The first kappa shape index (κ1) is 7.80. The third-order valence-corrected chi connectivity index (χ3v) is 3.89. The Kier molecular flexibility index (Phi) is 1.36. The van der Waals surface area contributed by atoms with Gasteiger partial charge < -0.3 is 10.0 Å². The van der Waals surface area contributed by atoms with Crippen LogP contribution >= 0.6 is 0 Å². The predicted molar refractivity (Wildman–Crippen MR) is 47.3 cm³/mol. The number of carbonyl (C=O) groups is 1. The molecule has 0 amide bonds. The number of hydrogen-bond donors (Lipinski definition) is 1. The largest absolute Gasteiger partial charge is 0.481 e. The molecule has 3 fully saturated rings. The molecular formula is C10H15NO2. The molecule has 0 aromatic heterocycles. The van der Waals surface area contributed by atoms with Crippen molar-refractivity contribution in [2.45, 2.75) is 19.3 Å². The Morgan fingerprint density at radius 1 is 1.38 bits per heavy atom. The Labute approximate surface area is 77.7 Å². The number of fused-ring (bicyclic) bond motifs is 1. The maximum absolute atomic E-state index is 10.9. The van der Waals surface area contributed by atoms with Gasteiger partial charge in [0.15, 0.2) is 0 Å². The average Bonchev–Trinajstić information content (AvgIpc) is 2.94. The molecule has 1 heterocycles. The maximum atomic E-state index is 10.9. The second-order valence-corrected chi connectivity index (χ2v) is 5.04. The maximum Gasteiger partial charge on any atom is 0.310 e. The molecule has 0 bridgehead atoms. The number of piperidine rings is 1. The highest BCUT2D eigenvalue weighted by molar-refractivity contribution is 5.78. The zero-order valence-electron chi connectivity index (χ0n) is 7.70. The molecule has 0 radical (unpaired) electrons. The number of aliphatic carboxylic acids is 1. The first-order chi connectivity index (χ1) is 6.20. The fourth-order valence-electron chi connectivity index (χ4n) is 2.64. The van der Waals surface area contributed by atoms with Crippen LogP contribution in [0.4, 0.5) is 0 Å². The van der Waals surface area contributed by atoms with E-state index in [0.29, 0.717) is 0 Å². The van der Waals surface area contributed by atoms with Gasteiger partial charge in [-0.3, -0.25) is 4.79 Å².